The zero-order chi connectivity index (χ0) is 22.7. The van der Waals surface area contributed by atoms with E-state index in [0.717, 1.165) is 56.0 Å². The molecule has 4 rings (SSSR count). The fourth-order valence-electron chi connectivity index (χ4n) is 4.15. The Kier molecular flexibility index (Phi) is 6.94. The van der Waals surface area contributed by atoms with Crippen LogP contribution in [0.5, 0.6) is 0 Å². The minimum absolute atomic E-state index is 0.134. The standard InChI is InChI=1S/C22H31N5O4S/c1-18-3-4-20(15-22(18)32(29,30)27-11-13-31-14-12-27)21-16-23-26(17-21)10-7-24-5-8-25(9-6-24)19(2)28/h3-4,15-17H,5-14H2,1-2H3. The van der Waals surface area contributed by atoms with Gasteiger partial charge in [-0.05, 0) is 24.1 Å². The predicted octanol–water partition coefficient (Wildman–Crippen LogP) is 1.04. The molecule has 0 radical (unpaired) electrons. The summed E-state index contributed by atoms with van der Waals surface area (Å²) in [5.74, 6) is 0.134. The molecule has 2 aromatic rings. The van der Waals surface area contributed by atoms with Gasteiger partial charge in [0.05, 0.1) is 30.9 Å². The van der Waals surface area contributed by atoms with E-state index in [2.05, 4.69) is 10.00 Å². The Morgan fingerprint density at radius 1 is 1.03 bits per heavy atom. The number of aryl methyl sites for hydroxylation is 1. The van der Waals surface area contributed by atoms with Gasteiger partial charge in [-0.25, -0.2) is 8.42 Å². The van der Waals surface area contributed by atoms with Gasteiger partial charge < -0.3 is 9.64 Å². The third kappa shape index (κ3) is 5.03. The molecule has 3 heterocycles. The molecule has 0 aliphatic carbocycles. The number of sulfonamides is 1. The van der Waals surface area contributed by atoms with Crippen LogP contribution in [0.1, 0.15) is 12.5 Å². The normalized spacial score (nSPS) is 18.8. The van der Waals surface area contributed by atoms with E-state index >= 15 is 0 Å². The fraction of sp³-hybridized carbons (Fsp3) is 0.545. The monoisotopic (exact) mass is 461 g/mol. The van der Waals surface area contributed by atoms with E-state index in [0.29, 0.717) is 31.2 Å². The van der Waals surface area contributed by atoms with E-state index in [1.807, 2.05) is 34.8 Å². The van der Waals surface area contributed by atoms with Gasteiger partial charge in [0.1, 0.15) is 0 Å². The highest BCUT2D eigenvalue weighted by atomic mass is 32.2. The topological polar surface area (TPSA) is 88.0 Å². The van der Waals surface area contributed by atoms with Crippen LogP contribution < -0.4 is 0 Å². The summed E-state index contributed by atoms with van der Waals surface area (Å²) in [7, 11) is -3.56. The molecule has 1 aromatic carbocycles. The molecular formula is C22H31N5O4S. The molecule has 2 aliphatic heterocycles. The van der Waals surface area contributed by atoms with E-state index in [1.165, 1.54) is 4.31 Å². The van der Waals surface area contributed by atoms with Crippen LogP contribution in [-0.2, 0) is 26.1 Å². The van der Waals surface area contributed by atoms with Crippen molar-refractivity contribution in [2.45, 2.75) is 25.3 Å². The van der Waals surface area contributed by atoms with Crippen LogP contribution in [0.25, 0.3) is 11.1 Å². The smallest absolute Gasteiger partial charge is 0.243 e. The number of carbonyl (C=O) groups is 1. The van der Waals surface area contributed by atoms with Crippen LogP contribution in [0.3, 0.4) is 0 Å². The molecule has 0 spiro atoms. The second kappa shape index (κ2) is 9.70. The lowest BCUT2D eigenvalue weighted by atomic mass is 10.1. The first-order valence-electron chi connectivity index (χ1n) is 11.0. The van der Waals surface area contributed by atoms with E-state index in [1.54, 1.807) is 19.2 Å². The van der Waals surface area contributed by atoms with Crippen LogP contribution in [0, 0.1) is 6.92 Å². The summed E-state index contributed by atoms with van der Waals surface area (Å²) in [6.45, 7) is 9.92. The number of amides is 1. The second-order valence-electron chi connectivity index (χ2n) is 8.34. The first-order chi connectivity index (χ1) is 15.3. The Morgan fingerprint density at radius 3 is 2.44 bits per heavy atom. The van der Waals surface area contributed by atoms with Crippen molar-refractivity contribution < 1.29 is 17.9 Å². The van der Waals surface area contributed by atoms with Gasteiger partial charge in [0.25, 0.3) is 0 Å². The van der Waals surface area contributed by atoms with Crippen LogP contribution in [0.4, 0.5) is 0 Å². The number of aromatic nitrogens is 2. The Morgan fingerprint density at radius 2 is 1.75 bits per heavy atom. The van der Waals surface area contributed by atoms with Gasteiger partial charge in [-0.2, -0.15) is 9.40 Å². The molecule has 2 fully saturated rings. The SMILES string of the molecule is CC(=O)N1CCN(CCn2cc(-c3ccc(C)c(S(=O)(=O)N4CCOCC4)c3)cn2)CC1. The molecule has 1 amide bonds. The first kappa shape index (κ1) is 22.9. The van der Waals surface area contributed by atoms with Gasteiger partial charge >= 0.3 is 0 Å². The van der Waals surface area contributed by atoms with Crippen molar-refractivity contribution >= 4 is 15.9 Å². The fourth-order valence-corrected chi connectivity index (χ4v) is 5.81. The van der Waals surface area contributed by atoms with Gasteiger partial charge in [0.2, 0.25) is 15.9 Å². The van der Waals surface area contributed by atoms with Gasteiger partial charge in [0, 0.05) is 64.5 Å². The number of nitrogens with zero attached hydrogens (tertiary/aromatic N) is 5. The van der Waals surface area contributed by atoms with E-state index in [-0.39, 0.29) is 5.91 Å². The molecule has 2 aliphatic rings. The maximum Gasteiger partial charge on any atom is 0.243 e. The van der Waals surface area contributed by atoms with E-state index in [9.17, 15) is 13.2 Å². The highest BCUT2D eigenvalue weighted by Crippen LogP contribution is 2.27. The highest BCUT2D eigenvalue weighted by molar-refractivity contribution is 7.89. The van der Waals surface area contributed by atoms with Crippen LogP contribution >= 0.6 is 0 Å². The number of piperazine rings is 1. The van der Waals surface area contributed by atoms with E-state index in [4.69, 9.17) is 4.74 Å². The Balaban J connectivity index is 1.43. The zero-order valence-electron chi connectivity index (χ0n) is 18.7. The van der Waals surface area contributed by atoms with Crippen molar-refractivity contribution in [2.75, 3.05) is 59.0 Å². The molecule has 10 heteroatoms. The Hall–Kier alpha value is -2.27. The number of benzene rings is 1. The highest BCUT2D eigenvalue weighted by Gasteiger charge is 2.28. The third-order valence-corrected chi connectivity index (χ3v) is 8.25. The molecular weight excluding hydrogens is 430 g/mol. The summed E-state index contributed by atoms with van der Waals surface area (Å²) in [5, 5.41) is 4.47. The number of carbonyl (C=O) groups excluding carboxylic acids is 1. The number of hydrogen-bond acceptors (Lipinski definition) is 6. The predicted molar refractivity (Wildman–Crippen MR) is 121 cm³/mol. The molecule has 9 nitrogen and oxygen atoms in total. The molecule has 0 unspecified atom stereocenters. The van der Waals surface area contributed by atoms with Crippen molar-refractivity contribution in [2.24, 2.45) is 0 Å². The maximum atomic E-state index is 13.2. The van der Waals surface area contributed by atoms with Crippen LogP contribution in [0.15, 0.2) is 35.5 Å². The number of rotatable bonds is 6. The average molecular weight is 462 g/mol. The number of hydrogen-bond donors (Lipinski definition) is 0. The lowest BCUT2D eigenvalue weighted by molar-refractivity contribution is -0.130. The van der Waals surface area contributed by atoms with Crippen molar-refractivity contribution in [3.63, 3.8) is 0 Å². The molecule has 0 bridgehead atoms. The lowest BCUT2D eigenvalue weighted by Crippen LogP contribution is -2.48. The Bertz CT molecular complexity index is 1050. The molecule has 2 saturated heterocycles. The summed E-state index contributed by atoms with van der Waals surface area (Å²) in [4.78, 5) is 16.0. The molecule has 0 N–H and O–H groups in total. The maximum absolute atomic E-state index is 13.2. The van der Waals surface area contributed by atoms with Crippen molar-refractivity contribution in [3.05, 3.63) is 36.2 Å². The van der Waals surface area contributed by atoms with E-state index < -0.39 is 10.0 Å². The molecule has 32 heavy (non-hydrogen) atoms. The van der Waals surface area contributed by atoms with Gasteiger partial charge in [-0.1, -0.05) is 12.1 Å². The third-order valence-electron chi connectivity index (χ3n) is 6.21. The first-order valence-corrected chi connectivity index (χ1v) is 12.5. The number of ether oxygens (including phenoxy) is 1. The lowest BCUT2D eigenvalue weighted by Gasteiger charge is -2.34. The van der Waals surface area contributed by atoms with Crippen LogP contribution in [-0.4, -0.2) is 97.2 Å². The Labute approximate surface area is 189 Å². The van der Waals surface area contributed by atoms with Crippen molar-refractivity contribution in [3.8, 4) is 11.1 Å². The molecule has 1 aromatic heterocycles. The second-order valence-corrected chi connectivity index (χ2v) is 10.2. The van der Waals surface area contributed by atoms with Gasteiger partial charge in [-0.15, -0.1) is 0 Å². The largest absolute Gasteiger partial charge is 0.379 e. The molecule has 0 saturated carbocycles. The summed E-state index contributed by atoms with van der Waals surface area (Å²) < 4.78 is 35.0. The van der Waals surface area contributed by atoms with Gasteiger partial charge in [0.15, 0.2) is 0 Å². The van der Waals surface area contributed by atoms with Crippen molar-refractivity contribution in [1.82, 2.24) is 23.9 Å². The van der Waals surface area contributed by atoms with Gasteiger partial charge in [-0.3, -0.25) is 14.4 Å². The number of morpholine rings is 1. The molecule has 0 atom stereocenters. The summed E-state index contributed by atoms with van der Waals surface area (Å²) in [6, 6.07) is 5.55. The van der Waals surface area contributed by atoms with Crippen molar-refractivity contribution in [1.29, 1.82) is 0 Å². The summed E-state index contributed by atoms with van der Waals surface area (Å²) in [6.07, 6.45) is 3.74. The summed E-state index contributed by atoms with van der Waals surface area (Å²) >= 11 is 0. The zero-order valence-corrected chi connectivity index (χ0v) is 19.6. The van der Waals surface area contributed by atoms with Crippen LogP contribution in [0.2, 0.25) is 0 Å². The quantitative estimate of drug-likeness (QED) is 0.639. The average Bonchev–Trinajstić information content (AvgIpc) is 3.28. The minimum Gasteiger partial charge on any atom is -0.379 e. The summed E-state index contributed by atoms with van der Waals surface area (Å²) in [5.41, 5.74) is 2.46. The molecule has 174 valence electrons. The minimum atomic E-state index is -3.56.